The molecule has 2 N–H and O–H groups in total. The van der Waals surface area contributed by atoms with Gasteiger partial charge in [-0.25, -0.2) is 0 Å². The van der Waals surface area contributed by atoms with Crippen molar-refractivity contribution in [3.05, 3.63) is 48.3 Å². The second-order valence-electron chi connectivity index (χ2n) is 3.59. The van der Waals surface area contributed by atoms with E-state index in [1.54, 1.807) is 19.2 Å². The predicted octanol–water partition coefficient (Wildman–Crippen LogP) is 2.41. The highest BCUT2D eigenvalue weighted by atomic mass is 16.5. The van der Waals surface area contributed by atoms with E-state index in [9.17, 15) is 0 Å². The van der Waals surface area contributed by atoms with Gasteiger partial charge in [-0.2, -0.15) is 0 Å². The van der Waals surface area contributed by atoms with Crippen LogP contribution in [0.4, 0.5) is 5.69 Å². The average Bonchev–Trinajstić information content (AvgIpc) is 2.39. The van der Waals surface area contributed by atoms with Crippen LogP contribution in [-0.2, 0) is 6.54 Å². The summed E-state index contributed by atoms with van der Waals surface area (Å²) in [7, 11) is 1.64. The van der Waals surface area contributed by atoms with Gasteiger partial charge in [-0.05, 0) is 36.4 Å². The Kier molecular flexibility index (Phi) is 3.45. The normalized spacial score (nSPS) is 9.94. The van der Waals surface area contributed by atoms with Crippen LogP contribution in [0.2, 0.25) is 0 Å². The van der Waals surface area contributed by atoms with E-state index in [2.05, 4.69) is 10.3 Å². The van der Waals surface area contributed by atoms with Gasteiger partial charge < -0.3 is 15.2 Å². The van der Waals surface area contributed by atoms with Gasteiger partial charge >= 0.3 is 0 Å². The van der Waals surface area contributed by atoms with Crippen molar-refractivity contribution in [2.45, 2.75) is 6.54 Å². The van der Waals surface area contributed by atoms with Crippen LogP contribution < -0.4 is 10.1 Å². The summed E-state index contributed by atoms with van der Waals surface area (Å²) in [6.45, 7) is 0.618. The first-order valence-corrected chi connectivity index (χ1v) is 5.30. The number of hydrogen-bond donors (Lipinski definition) is 2. The SMILES string of the molecule is COc1ccc(NCc2ccc(O)cn2)cc1. The minimum absolute atomic E-state index is 0.179. The zero-order valence-corrected chi connectivity index (χ0v) is 9.55. The lowest BCUT2D eigenvalue weighted by molar-refractivity contribution is 0.415. The number of pyridine rings is 1. The van der Waals surface area contributed by atoms with Crippen molar-refractivity contribution in [2.24, 2.45) is 0 Å². The van der Waals surface area contributed by atoms with Gasteiger partial charge in [0.2, 0.25) is 0 Å². The third-order valence-electron chi connectivity index (χ3n) is 2.37. The first-order valence-electron chi connectivity index (χ1n) is 5.30. The van der Waals surface area contributed by atoms with E-state index < -0.39 is 0 Å². The molecule has 0 fully saturated rings. The second kappa shape index (κ2) is 5.21. The molecule has 1 heterocycles. The molecule has 0 spiro atoms. The highest BCUT2D eigenvalue weighted by molar-refractivity contribution is 5.46. The van der Waals surface area contributed by atoms with E-state index in [-0.39, 0.29) is 5.75 Å². The largest absolute Gasteiger partial charge is 0.506 e. The molecule has 1 aromatic heterocycles. The molecule has 0 unspecified atom stereocenters. The van der Waals surface area contributed by atoms with Crippen LogP contribution in [0.5, 0.6) is 11.5 Å². The van der Waals surface area contributed by atoms with Crippen LogP contribution in [0.15, 0.2) is 42.6 Å². The van der Waals surface area contributed by atoms with Gasteiger partial charge in [0.1, 0.15) is 11.5 Å². The summed E-state index contributed by atoms with van der Waals surface area (Å²) in [5, 5.41) is 12.3. The van der Waals surface area contributed by atoms with Crippen LogP contribution in [0.3, 0.4) is 0 Å². The van der Waals surface area contributed by atoms with Gasteiger partial charge in [0, 0.05) is 5.69 Å². The quantitative estimate of drug-likeness (QED) is 0.846. The number of methoxy groups -OCH3 is 1. The maximum atomic E-state index is 9.10. The fourth-order valence-electron chi connectivity index (χ4n) is 1.42. The summed E-state index contributed by atoms with van der Waals surface area (Å²) in [6, 6.07) is 11.1. The Balaban J connectivity index is 1.95. The minimum Gasteiger partial charge on any atom is -0.506 e. The summed E-state index contributed by atoms with van der Waals surface area (Å²) >= 11 is 0. The monoisotopic (exact) mass is 230 g/mol. The van der Waals surface area contributed by atoms with Crippen molar-refractivity contribution in [1.29, 1.82) is 0 Å². The number of aromatic hydroxyl groups is 1. The summed E-state index contributed by atoms with van der Waals surface area (Å²) < 4.78 is 5.08. The smallest absolute Gasteiger partial charge is 0.133 e. The third kappa shape index (κ3) is 3.11. The first kappa shape index (κ1) is 11.3. The lowest BCUT2D eigenvalue weighted by Gasteiger charge is -2.06. The molecular formula is C13H14N2O2. The molecule has 0 saturated heterocycles. The van der Waals surface area contributed by atoms with Crippen molar-refractivity contribution in [2.75, 3.05) is 12.4 Å². The molecule has 0 amide bonds. The average molecular weight is 230 g/mol. The van der Waals surface area contributed by atoms with Gasteiger partial charge in [0.15, 0.2) is 0 Å². The molecule has 0 saturated carbocycles. The number of benzene rings is 1. The van der Waals surface area contributed by atoms with Crippen molar-refractivity contribution < 1.29 is 9.84 Å². The fourth-order valence-corrected chi connectivity index (χ4v) is 1.42. The van der Waals surface area contributed by atoms with Gasteiger partial charge in [-0.3, -0.25) is 4.98 Å². The summed E-state index contributed by atoms with van der Waals surface area (Å²) in [5.41, 5.74) is 1.87. The number of nitrogens with one attached hydrogen (secondary N) is 1. The Morgan fingerprint density at radius 1 is 1.18 bits per heavy atom. The molecule has 88 valence electrons. The van der Waals surface area contributed by atoms with Crippen LogP contribution in [-0.4, -0.2) is 17.2 Å². The van der Waals surface area contributed by atoms with Gasteiger partial charge in [-0.1, -0.05) is 0 Å². The standard InChI is InChI=1S/C13H14N2O2/c1-17-13-6-3-10(4-7-13)14-8-11-2-5-12(16)9-15-11/h2-7,9,14,16H,8H2,1H3. The highest BCUT2D eigenvalue weighted by Gasteiger charge is 1.96. The maximum absolute atomic E-state index is 9.10. The van der Waals surface area contributed by atoms with Crippen molar-refractivity contribution in [3.63, 3.8) is 0 Å². The fraction of sp³-hybridized carbons (Fsp3) is 0.154. The van der Waals surface area contributed by atoms with E-state index in [0.29, 0.717) is 6.54 Å². The molecule has 2 rings (SSSR count). The van der Waals surface area contributed by atoms with Crippen LogP contribution in [0.1, 0.15) is 5.69 Å². The molecule has 17 heavy (non-hydrogen) atoms. The van der Waals surface area contributed by atoms with Gasteiger partial charge in [-0.15, -0.1) is 0 Å². The molecule has 0 aliphatic heterocycles. The number of rotatable bonds is 4. The van der Waals surface area contributed by atoms with Crippen molar-refractivity contribution in [3.8, 4) is 11.5 Å². The Labute approximate surface area is 99.9 Å². The summed E-state index contributed by atoms with van der Waals surface area (Å²) in [6.07, 6.45) is 1.44. The highest BCUT2D eigenvalue weighted by Crippen LogP contribution is 2.15. The Hall–Kier alpha value is -2.23. The first-order chi connectivity index (χ1) is 8.28. The molecule has 0 radical (unpaired) electrons. The molecule has 4 nitrogen and oxygen atoms in total. The third-order valence-corrected chi connectivity index (χ3v) is 2.37. The lowest BCUT2D eigenvalue weighted by atomic mass is 10.3. The molecular weight excluding hydrogens is 216 g/mol. The maximum Gasteiger partial charge on any atom is 0.133 e. The predicted molar refractivity (Wildman–Crippen MR) is 66.2 cm³/mol. The summed E-state index contributed by atoms with van der Waals surface area (Å²) in [5.74, 6) is 1.01. The van der Waals surface area contributed by atoms with E-state index >= 15 is 0 Å². The lowest BCUT2D eigenvalue weighted by Crippen LogP contribution is -2.00. The van der Waals surface area contributed by atoms with Crippen LogP contribution >= 0.6 is 0 Å². The van der Waals surface area contributed by atoms with E-state index in [1.165, 1.54) is 6.20 Å². The van der Waals surface area contributed by atoms with Crippen molar-refractivity contribution >= 4 is 5.69 Å². The molecule has 0 bridgehead atoms. The van der Waals surface area contributed by atoms with Crippen molar-refractivity contribution in [1.82, 2.24) is 4.98 Å². The molecule has 0 aliphatic rings. The second-order valence-corrected chi connectivity index (χ2v) is 3.59. The van der Waals surface area contributed by atoms with E-state index in [1.807, 2.05) is 24.3 Å². The topological polar surface area (TPSA) is 54.4 Å². The number of ether oxygens (including phenoxy) is 1. The Morgan fingerprint density at radius 3 is 2.53 bits per heavy atom. The van der Waals surface area contributed by atoms with E-state index in [0.717, 1.165) is 17.1 Å². The molecule has 0 aliphatic carbocycles. The van der Waals surface area contributed by atoms with Crippen LogP contribution in [0, 0.1) is 0 Å². The van der Waals surface area contributed by atoms with E-state index in [4.69, 9.17) is 9.84 Å². The zero-order valence-electron chi connectivity index (χ0n) is 9.55. The number of nitrogens with zero attached hydrogens (tertiary/aromatic N) is 1. The molecule has 4 heteroatoms. The molecule has 1 aromatic carbocycles. The minimum atomic E-state index is 0.179. The van der Waals surface area contributed by atoms with Gasteiger partial charge in [0.25, 0.3) is 0 Å². The molecule has 0 atom stereocenters. The Morgan fingerprint density at radius 2 is 1.94 bits per heavy atom. The van der Waals surface area contributed by atoms with Gasteiger partial charge in [0.05, 0.1) is 25.5 Å². The Bertz CT molecular complexity index is 466. The van der Waals surface area contributed by atoms with Crippen LogP contribution in [0.25, 0.3) is 0 Å². The number of hydrogen-bond acceptors (Lipinski definition) is 4. The molecule has 2 aromatic rings. The zero-order chi connectivity index (χ0) is 12.1. The number of anilines is 1. The number of aromatic nitrogens is 1. The summed E-state index contributed by atoms with van der Waals surface area (Å²) in [4.78, 5) is 4.09.